The summed E-state index contributed by atoms with van der Waals surface area (Å²) in [5.41, 5.74) is 2.20. The third-order valence-corrected chi connectivity index (χ3v) is 5.83. The van der Waals surface area contributed by atoms with Crippen molar-refractivity contribution >= 4 is 28.8 Å². The number of para-hydroxylation sites is 1. The predicted octanol–water partition coefficient (Wildman–Crippen LogP) is 3.30. The van der Waals surface area contributed by atoms with Gasteiger partial charge in [-0.1, -0.05) is 30.3 Å². The third kappa shape index (κ3) is 4.43. The largest absolute Gasteiger partial charge is 0.496 e. The molecule has 30 heavy (non-hydrogen) atoms. The van der Waals surface area contributed by atoms with Crippen LogP contribution in [-0.2, 0) is 0 Å². The Morgan fingerprint density at radius 3 is 2.20 bits per heavy atom. The number of carbonyl (C=O) groups excluding carboxylic acids is 2. The number of hydrogen-bond acceptors (Lipinski definition) is 5. The van der Waals surface area contributed by atoms with Gasteiger partial charge in [-0.2, -0.15) is 0 Å². The second-order valence-corrected chi connectivity index (χ2v) is 7.49. The van der Waals surface area contributed by atoms with Gasteiger partial charge < -0.3 is 10.1 Å². The van der Waals surface area contributed by atoms with Crippen LogP contribution >= 0.6 is 17.0 Å². The summed E-state index contributed by atoms with van der Waals surface area (Å²) in [5, 5.41) is 3.40. The summed E-state index contributed by atoms with van der Waals surface area (Å²) >= 11 is 0. The third-order valence-electron chi connectivity index (χ3n) is 5.83. The van der Waals surface area contributed by atoms with E-state index in [1.807, 2.05) is 18.2 Å². The molecule has 2 aliphatic rings. The molecule has 1 fully saturated rings. The molecular weight excluding hydrogens is 446 g/mol. The van der Waals surface area contributed by atoms with Crippen molar-refractivity contribution in [1.29, 1.82) is 0 Å². The molecule has 1 unspecified atom stereocenters. The van der Waals surface area contributed by atoms with E-state index in [1.165, 1.54) is 10.5 Å². The Bertz CT molecular complexity index is 864. The highest BCUT2D eigenvalue weighted by molar-refractivity contribution is 8.93. The van der Waals surface area contributed by atoms with E-state index >= 15 is 0 Å². The molecule has 0 radical (unpaired) electrons. The first kappa shape index (κ1) is 22.5. The van der Waals surface area contributed by atoms with E-state index in [4.69, 9.17) is 4.74 Å². The van der Waals surface area contributed by atoms with Gasteiger partial charge in [-0.3, -0.25) is 19.4 Å². The second kappa shape index (κ2) is 10.2. The summed E-state index contributed by atoms with van der Waals surface area (Å²) < 4.78 is 5.61. The van der Waals surface area contributed by atoms with Crippen LogP contribution in [0.3, 0.4) is 0 Å². The van der Waals surface area contributed by atoms with Gasteiger partial charge in [0, 0.05) is 44.3 Å². The van der Waals surface area contributed by atoms with Crippen LogP contribution in [0.15, 0.2) is 48.5 Å². The molecule has 4 rings (SSSR count). The molecule has 1 N–H and O–H groups in total. The first-order valence-electron chi connectivity index (χ1n) is 10.2. The van der Waals surface area contributed by atoms with Crippen LogP contribution in [0.2, 0.25) is 0 Å². The van der Waals surface area contributed by atoms with Gasteiger partial charge in [0.05, 0.1) is 18.2 Å². The minimum atomic E-state index is -0.179. The molecule has 2 aromatic rings. The number of amides is 2. The molecule has 2 amide bonds. The average Bonchev–Trinajstić information content (AvgIpc) is 3.02. The fraction of sp³-hybridized carbons (Fsp3) is 0.391. The lowest BCUT2D eigenvalue weighted by atomic mass is 9.98. The van der Waals surface area contributed by atoms with Crippen molar-refractivity contribution in [2.45, 2.75) is 18.9 Å². The number of benzene rings is 2. The van der Waals surface area contributed by atoms with Crippen LogP contribution < -0.4 is 10.1 Å². The highest BCUT2D eigenvalue weighted by Gasteiger charge is 2.35. The molecule has 2 heterocycles. The number of halogens is 1. The number of ether oxygens (including phenoxy) is 1. The number of methoxy groups -OCH3 is 1. The van der Waals surface area contributed by atoms with Crippen molar-refractivity contribution in [2.75, 3.05) is 39.8 Å². The Morgan fingerprint density at radius 2 is 1.57 bits per heavy atom. The molecule has 160 valence electrons. The number of carbonyl (C=O) groups is 2. The molecule has 2 aliphatic heterocycles. The van der Waals surface area contributed by atoms with Gasteiger partial charge in [0.25, 0.3) is 11.8 Å². The van der Waals surface area contributed by atoms with E-state index < -0.39 is 0 Å². The van der Waals surface area contributed by atoms with Crippen LogP contribution in [-0.4, -0.2) is 61.4 Å². The van der Waals surface area contributed by atoms with Crippen molar-refractivity contribution < 1.29 is 14.3 Å². The first-order chi connectivity index (χ1) is 14.2. The Labute approximate surface area is 188 Å². The van der Waals surface area contributed by atoms with Crippen molar-refractivity contribution in [3.05, 3.63) is 65.2 Å². The van der Waals surface area contributed by atoms with Gasteiger partial charge in [0.2, 0.25) is 0 Å². The van der Waals surface area contributed by atoms with E-state index in [2.05, 4.69) is 16.3 Å². The Balaban J connectivity index is 0.00000256. The summed E-state index contributed by atoms with van der Waals surface area (Å²) in [6, 6.07) is 15.4. The Kier molecular flexibility index (Phi) is 7.64. The number of nitrogens with one attached hydrogen (secondary N) is 1. The quantitative estimate of drug-likeness (QED) is 0.625. The Morgan fingerprint density at radius 1 is 0.967 bits per heavy atom. The number of piperazine rings is 1. The van der Waals surface area contributed by atoms with Crippen LogP contribution in [0.1, 0.15) is 45.2 Å². The lowest BCUT2D eigenvalue weighted by Gasteiger charge is -2.36. The highest BCUT2D eigenvalue weighted by atomic mass is 79.9. The molecule has 6 nitrogen and oxygen atoms in total. The van der Waals surface area contributed by atoms with E-state index in [1.54, 1.807) is 31.4 Å². The molecular formula is C23H28BrN3O3. The van der Waals surface area contributed by atoms with Crippen LogP contribution in [0.4, 0.5) is 0 Å². The molecule has 1 saturated heterocycles. The zero-order valence-electron chi connectivity index (χ0n) is 17.2. The number of fused-ring (bicyclic) bond motifs is 1. The first-order valence-corrected chi connectivity index (χ1v) is 10.2. The molecule has 0 aliphatic carbocycles. The Hall–Kier alpha value is -2.22. The summed E-state index contributed by atoms with van der Waals surface area (Å²) in [6.07, 6.45) is 1.60. The molecule has 0 aromatic heterocycles. The molecule has 0 bridgehead atoms. The molecule has 1 atom stereocenters. The van der Waals surface area contributed by atoms with E-state index in [0.717, 1.165) is 44.8 Å². The number of imide groups is 1. The van der Waals surface area contributed by atoms with Crippen LogP contribution in [0.5, 0.6) is 5.75 Å². The van der Waals surface area contributed by atoms with Crippen LogP contribution in [0.25, 0.3) is 0 Å². The number of hydrogen-bond donors (Lipinski definition) is 1. The van der Waals surface area contributed by atoms with Gasteiger partial charge in [0.1, 0.15) is 5.75 Å². The lowest BCUT2D eigenvalue weighted by Crippen LogP contribution is -2.45. The SMILES string of the molecule is Br.COc1ccccc1C(CCCN1C(=O)c2ccccc2C1=O)N1CCNCC1. The zero-order valence-corrected chi connectivity index (χ0v) is 18.9. The minimum absolute atomic E-state index is 0. The summed E-state index contributed by atoms with van der Waals surface area (Å²) in [5.74, 6) is 0.528. The monoisotopic (exact) mass is 473 g/mol. The minimum Gasteiger partial charge on any atom is -0.496 e. The zero-order chi connectivity index (χ0) is 20.2. The molecule has 0 saturated carbocycles. The maximum atomic E-state index is 12.6. The fourth-order valence-corrected chi connectivity index (χ4v) is 4.36. The van der Waals surface area contributed by atoms with Gasteiger partial charge in [0.15, 0.2) is 0 Å². The topological polar surface area (TPSA) is 61.9 Å². The summed E-state index contributed by atoms with van der Waals surface area (Å²) in [7, 11) is 1.70. The summed E-state index contributed by atoms with van der Waals surface area (Å²) in [6.45, 7) is 4.30. The van der Waals surface area contributed by atoms with Crippen molar-refractivity contribution in [3.63, 3.8) is 0 Å². The maximum Gasteiger partial charge on any atom is 0.261 e. The highest BCUT2D eigenvalue weighted by Crippen LogP contribution is 2.33. The lowest BCUT2D eigenvalue weighted by molar-refractivity contribution is 0.0645. The number of rotatable bonds is 7. The maximum absolute atomic E-state index is 12.6. The molecule has 7 heteroatoms. The standard InChI is InChI=1S/C23H27N3O3.BrH/c1-29-21-11-5-4-9-19(21)20(25-15-12-24-13-16-25)10-6-14-26-22(27)17-7-2-3-8-18(17)23(26)28;/h2-5,7-9,11,20,24H,6,10,12-16H2,1H3;1H. The summed E-state index contributed by atoms with van der Waals surface area (Å²) in [4.78, 5) is 29.1. The van der Waals surface area contributed by atoms with Crippen molar-refractivity contribution in [2.24, 2.45) is 0 Å². The second-order valence-electron chi connectivity index (χ2n) is 7.49. The van der Waals surface area contributed by atoms with E-state index in [9.17, 15) is 9.59 Å². The van der Waals surface area contributed by atoms with Gasteiger partial charge in [-0.25, -0.2) is 0 Å². The van der Waals surface area contributed by atoms with Gasteiger partial charge >= 0.3 is 0 Å². The van der Waals surface area contributed by atoms with Gasteiger partial charge in [-0.15, -0.1) is 17.0 Å². The smallest absolute Gasteiger partial charge is 0.261 e. The average molecular weight is 474 g/mol. The van der Waals surface area contributed by atoms with Crippen LogP contribution in [0, 0.1) is 0 Å². The molecule has 0 spiro atoms. The van der Waals surface area contributed by atoms with Crippen molar-refractivity contribution in [3.8, 4) is 5.75 Å². The van der Waals surface area contributed by atoms with Crippen molar-refractivity contribution in [1.82, 2.24) is 15.1 Å². The fourth-order valence-electron chi connectivity index (χ4n) is 4.36. The van der Waals surface area contributed by atoms with Gasteiger partial charge in [-0.05, 0) is 31.0 Å². The van der Waals surface area contributed by atoms with E-state index in [0.29, 0.717) is 17.7 Å². The predicted molar refractivity (Wildman–Crippen MR) is 122 cm³/mol. The molecule has 2 aromatic carbocycles. The van der Waals surface area contributed by atoms with E-state index in [-0.39, 0.29) is 34.8 Å². The normalized spacial score (nSPS) is 17.4. The number of nitrogens with zero attached hydrogens (tertiary/aromatic N) is 2.